The summed E-state index contributed by atoms with van der Waals surface area (Å²) in [7, 11) is 0. The molecule has 7 heavy (non-hydrogen) atoms. The molecule has 2 heteroatoms. The standard InChI is InChI=1S/C5H6S.Zn/c1-2-4-6-5-3-1;/h1-4H,5H2;. The Morgan fingerprint density at radius 2 is 2.14 bits per heavy atom. The molecule has 0 amide bonds. The molecule has 1 aliphatic heterocycles. The van der Waals surface area contributed by atoms with Crippen molar-refractivity contribution in [2.75, 3.05) is 5.75 Å². The van der Waals surface area contributed by atoms with Crippen molar-refractivity contribution < 1.29 is 19.5 Å². The van der Waals surface area contributed by atoms with Crippen LogP contribution in [-0.2, 0) is 19.5 Å². The van der Waals surface area contributed by atoms with Crippen molar-refractivity contribution >= 4 is 11.8 Å². The molecular weight excluding hydrogens is 158 g/mol. The molecule has 0 aromatic rings. The Balaban J connectivity index is 0.000000360. The third-order valence-electron chi connectivity index (χ3n) is 0.614. The molecule has 1 aliphatic rings. The summed E-state index contributed by atoms with van der Waals surface area (Å²) in [4.78, 5) is 0. The van der Waals surface area contributed by atoms with Crippen LogP contribution in [0.2, 0.25) is 0 Å². The van der Waals surface area contributed by atoms with E-state index in [2.05, 4.69) is 17.6 Å². The van der Waals surface area contributed by atoms with E-state index in [1.165, 1.54) is 0 Å². The predicted molar refractivity (Wildman–Crippen MR) is 30.7 cm³/mol. The largest absolute Gasteiger partial charge is 0.130 e. The van der Waals surface area contributed by atoms with Crippen molar-refractivity contribution in [3.05, 3.63) is 23.6 Å². The summed E-state index contributed by atoms with van der Waals surface area (Å²) in [6, 6.07) is 0. The minimum Gasteiger partial charge on any atom is -0.130 e. The van der Waals surface area contributed by atoms with Gasteiger partial charge in [-0.25, -0.2) is 0 Å². The van der Waals surface area contributed by atoms with E-state index in [1.807, 2.05) is 17.8 Å². The number of thioether (sulfide) groups is 1. The van der Waals surface area contributed by atoms with Crippen molar-refractivity contribution in [2.45, 2.75) is 0 Å². The zero-order valence-corrected chi connectivity index (χ0v) is 7.92. The van der Waals surface area contributed by atoms with Crippen LogP contribution in [-0.4, -0.2) is 5.75 Å². The molecular formula is C5H6SZn. The Hall–Kier alpha value is 0.453. The average molecular weight is 164 g/mol. The van der Waals surface area contributed by atoms with Gasteiger partial charge in [-0.2, -0.15) is 0 Å². The molecule has 1 rings (SSSR count). The van der Waals surface area contributed by atoms with Crippen LogP contribution in [0.3, 0.4) is 0 Å². The fourth-order valence-electron chi connectivity index (χ4n) is 0.346. The maximum absolute atomic E-state index is 2.14. The molecule has 0 bridgehead atoms. The van der Waals surface area contributed by atoms with E-state index in [1.54, 1.807) is 0 Å². The van der Waals surface area contributed by atoms with Gasteiger partial charge < -0.3 is 0 Å². The number of hydrogen-bond acceptors (Lipinski definition) is 1. The maximum Gasteiger partial charge on any atom is 0.0157 e. The second-order valence-electron chi connectivity index (χ2n) is 1.09. The molecule has 0 nitrogen and oxygen atoms in total. The topological polar surface area (TPSA) is 0 Å². The number of hydrogen-bond donors (Lipinski definition) is 0. The molecule has 0 atom stereocenters. The van der Waals surface area contributed by atoms with Crippen molar-refractivity contribution in [3.8, 4) is 0 Å². The van der Waals surface area contributed by atoms with Crippen LogP contribution >= 0.6 is 11.8 Å². The summed E-state index contributed by atoms with van der Waals surface area (Å²) in [5.41, 5.74) is 0. The Kier molecular flexibility index (Phi) is 4.91. The van der Waals surface area contributed by atoms with Crippen molar-refractivity contribution in [1.82, 2.24) is 0 Å². The molecule has 34 valence electrons. The Labute approximate surface area is 60.8 Å². The fraction of sp³-hybridized carbons (Fsp3) is 0.200. The first kappa shape index (κ1) is 7.45. The van der Waals surface area contributed by atoms with Gasteiger partial charge in [0.1, 0.15) is 0 Å². The van der Waals surface area contributed by atoms with Gasteiger partial charge in [0, 0.05) is 25.2 Å². The first-order valence-electron chi connectivity index (χ1n) is 1.93. The van der Waals surface area contributed by atoms with Gasteiger partial charge in [0.15, 0.2) is 0 Å². The summed E-state index contributed by atoms with van der Waals surface area (Å²) in [5.74, 6) is 1.15. The quantitative estimate of drug-likeness (QED) is 0.491. The third-order valence-corrected chi connectivity index (χ3v) is 1.35. The van der Waals surface area contributed by atoms with Crippen LogP contribution in [0.25, 0.3) is 0 Å². The van der Waals surface area contributed by atoms with E-state index in [4.69, 9.17) is 0 Å². The summed E-state index contributed by atoms with van der Waals surface area (Å²) in [6.07, 6.45) is 6.26. The van der Waals surface area contributed by atoms with Crippen LogP contribution in [0.5, 0.6) is 0 Å². The smallest absolute Gasteiger partial charge is 0.0157 e. The normalized spacial score (nSPS) is 16.0. The monoisotopic (exact) mass is 162 g/mol. The maximum atomic E-state index is 2.14. The van der Waals surface area contributed by atoms with Gasteiger partial charge in [0.05, 0.1) is 0 Å². The second kappa shape index (κ2) is 4.61. The second-order valence-corrected chi connectivity index (χ2v) is 2.03. The minimum atomic E-state index is 0. The molecule has 0 spiro atoms. The molecule has 0 aromatic heterocycles. The molecule has 0 aromatic carbocycles. The van der Waals surface area contributed by atoms with Gasteiger partial charge in [-0.1, -0.05) is 18.2 Å². The van der Waals surface area contributed by atoms with Gasteiger partial charge in [-0.15, -0.1) is 11.8 Å². The van der Waals surface area contributed by atoms with Gasteiger partial charge in [-0.05, 0) is 5.41 Å². The van der Waals surface area contributed by atoms with Crippen LogP contribution in [0.15, 0.2) is 23.6 Å². The third kappa shape index (κ3) is 3.07. The van der Waals surface area contributed by atoms with E-state index in [-0.39, 0.29) is 19.5 Å². The van der Waals surface area contributed by atoms with Crippen molar-refractivity contribution in [2.24, 2.45) is 0 Å². The average Bonchev–Trinajstić information content (AvgIpc) is 1.72. The Morgan fingerprint density at radius 1 is 1.29 bits per heavy atom. The first-order chi connectivity index (χ1) is 3.00. The molecule has 0 saturated heterocycles. The summed E-state index contributed by atoms with van der Waals surface area (Å²) in [5, 5.41) is 2.10. The SMILES string of the molecule is C1=CCSC=C1.[Zn]. The molecule has 0 unspecified atom stereocenters. The molecule has 0 saturated carbocycles. The Bertz CT molecular complexity index is 74.1. The van der Waals surface area contributed by atoms with Crippen molar-refractivity contribution in [3.63, 3.8) is 0 Å². The van der Waals surface area contributed by atoms with Crippen LogP contribution in [0, 0.1) is 0 Å². The number of allylic oxidation sites excluding steroid dienone is 2. The van der Waals surface area contributed by atoms with E-state index in [0.717, 1.165) is 5.75 Å². The van der Waals surface area contributed by atoms with Gasteiger partial charge in [0.2, 0.25) is 0 Å². The van der Waals surface area contributed by atoms with Gasteiger partial charge in [-0.3, -0.25) is 0 Å². The van der Waals surface area contributed by atoms with E-state index < -0.39 is 0 Å². The van der Waals surface area contributed by atoms with Crippen LogP contribution in [0.1, 0.15) is 0 Å². The molecule has 0 radical (unpaired) electrons. The van der Waals surface area contributed by atoms with Crippen LogP contribution < -0.4 is 0 Å². The molecule has 1 heterocycles. The van der Waals surface area contributed by atoms with Gasteiger partial charge in [0.25, 0.3) is 0 Å². The van der Waals surface area contributed by atoms with E-state index in [0.29, 0.717) is 0 Å². The molecule has 0 aliphatic carbocycles. The number of rotatable bonds is 0. The van der Waals surface area contributed by atoms with E-state index in [9.17, 15) is 0 Å². The van der Waals surface area contributed by atoms with Crippen LogP contribution in [0.4, 0.5) is 0 Å². The van der Waals surface area contributed by atoms with Gasteiger partial charge >= 0.3 is 0 Å². The molecule has 0 N–H and O–H groups in total. The zero-order valence-electron chi connectivity index (χ0n) is 4.13. The zero-order chi connectivity index (χ0) is 4.24. The fourth-order valence-corrected chi connectivity index (χ4v) is 0.881. The Morgan fingerprint density at radius 3 is 2.29 bits per heavy atom. The summed E-state index contributed by atoms with van der Waals surface area (Å²) in [6.45, 7) is 0. The summed E-state index contributed by atoms with van der Waals surface area (Å²) < 4.78 is 0. The predicted octanol–water partition coefficient (Wildman–Crippen LogP) is 1.80. The molecule has 0 fully saturated rings. The minimum absolute atomic E-state index is 0. The van der Waals surface area contributed by atoms with Crippen molar-refractivity contribution in [1.29, 1.82) is 0 Å². The summed E-state index contributed by atoms with van der Waals surface area (Å²) >= 11 is 1.83. The first-order valence-corrected chi connectivity index (χ1v) is 2.98. The van der Waals surface area contributed by atoms with E-state index >= 15 is 0 Å².